The SMILES string of the molecule is N#CCCCNN1CCCCC1. The molecule has 1 fully saturated rings. The molecule has 0 bridgehead atoms. The maximum atomic E-state index is 8.31. The summed E-state index contributed by atoms with van der Waals surface area (Å²) in [6.07, 6.45) is 5.63. The maximum absolute atomic E-state index is 8.31. The molecule has 1 aliphatic heterocycles. The third kappa shape index (κ3) is 3.70. The second kappa shape index (κ2) is 5.99. The van der Waals surface area contributed by atoms with Gasteiger partial charge >= 0.3 is 0 Å². The van der Waals surface area contributed by atoms with Gasteiger partial charge in [0.15, 0.2) is 0 Å². The molecule has 1 N–H and O–H groups in total. The summed E-state index contributed by atoms with van der Waals surface area (Å²) in [7, 11) is 0. The Morgan fingerprint density at radius 1 is 1.25 bits per heavy atom. The lowest BCUT2D eigenvalue weighted by Gasteiger charge is -2.26. The molecule has 1 heterocycles. The monoisotopic (exact) mass is 167 g/mol. The van der Waals surface area contributed by atoms with E-state index < -0.39 is 0 Å². The fourth-order valence-corrected chi connectivity index (χ4v) is 1.46. The van der Waals surface area contributed by atoms with Crippen molar-refractivity contribution in [2.75, 3.05) is 19.6 Å². The normalized spacial score (nSPS) is 18.9. The van der Waals surface area contributed by atoms with Crippen molar-refractivity contribution < 1.29 is 0 Å². The first kappa shape index (κ1) is 9.50. The number of hydrazine groups is 1. The molecular formula is C9H17N3. The molecule has 0 aromatic carbocycles. The van der Waals surface area contributed by atoms with Crippen molar-refractivity contribution in [1.29, 1.82) is 5.26 Å². The van der Waals surface area contributed by atoms with E-state index in [2.05, 4.69) is 16.5 Å². The maximum Gasteiger partial charge on any atom is 0.0622 e. The van der Waals surface area contributed by atoms with Crippen LogP contribution in [0, 0.1) is 11.3 Å². The Hall–Kier alpha value is -0.590. The molecule has 0 aliphatic carbocycles. The van der Waals surface area contributed by atoms with Gasteiger partial charge in [0.25, 0.3) is 0 Å². The van der Waals surface area contributed by atoms with E-state index in [1.165, 1.54) is 32.4 Å². The van der Waals surface area contributed by atoms with E-state index in [1.807, 2.05) is 0 Å². The van der Waals surface area contributed by atoms with Crippen molar-refractivity contribution in [3.63, 3.8) is 0 Å². The van der Waals surface area contributed by atoms with E-state index in [1.54, 1.807) is 0 Å². The number of rotatable bonds is 4. The van der Waals surface area contributed by atoms with E-state index in [0.29, 0.717) is 6.42 Å². The van der Waals surface area contributed by atoms with E-state index in [0.717, 1.165) is 13.0 Å². The van der Waals surface area contributed by atoms with Crippen LogP contribution in [-0.4, -0.2) is 24.6 Å². The standard InChI is InChI=1S/C9H17N3/c10-6-2-3-7-11-12-8-4-1-5-9-12/h11H,1-5,7-9H2. The minimum absolute atomic E-state index is 0.668. The summed E-state index contributed by atoms with van der Waals surface area (Å²) in [5.74, 6) is 0. The molecule has 0 spiro atoms. The van der Waals surface area contributed by atoms with Gasteiger partial charge in [-0.2, -0.15) is 5.26 Å². The second-order valence-corrected chi connectivity index (χ2v) is 3.22. The van der Waals surface area contributed by atoms with Crippen LogP contribution in [0.4, 0.5) is 0 Å². The average molecular weight is 167 g/mol. The van der Waals surface area contributed by atoms with Crippen molar-refractivity contribution in [2.45, 2.75) is 32.1 Å². The summed E-state index contributed by atoms with van der Waals surface area (Å²) < 4.78 is 0. The van der Waals surface area contributed by atoms with Gasteiger partial charge in [0.2, 0.25) is 0 Å². The second-order valence-electron chi connectivity index (χ2n) is 3.22. The first-order chi connectivity index (χ1) is 5.93. The van der Waals surface area contributed by atoms with Crippen LogP contribution in [0.5, 0.6) is 0 Å². The number of piperidine rings is 1. The highest BCUT2D eigenvalue weighted by molar-refractivity contribution is 4.69. The predicted octanol–water partition coefficient (Wildman–Crippen LogP) is 1.28. The van der Waals surface area contributed by atoms with Crippen molar-refractivity contribution >= 4 is 0 Å². The smallest absolute Gasteiger partial charge is 0.0622 e. The summed E-state index contributed by atoms with van der Waals surface area (Å²) in [5, 5.41) is 10.6. The molecule has 12 heavy (non-hydrogen) atoms. The number of nitriles is 1. The summed E-state index contributed by atoms with van der Waals surface area (Å²) in [5.41, 5.74) is 3.34. The summed E-state index contributed by atoms with van der Waals surface area (Å²) in [6, 6.07) is 2.15. The highest BCUT2D eigenvalue weighted by Crippen LogP contribution is 2.05. The predicted molar refractivity (Wildman–Crippen MR) is 48.3 cm³/mol. The molecule has 1 aliphatic rings. The molecular weight excluding hydrogens is 150 g/mol. The molecule has 1 saturated heterocycles. The van der Waals surface area contributed by atoms with Gasteiger partial charge in [0, 0.05) is 26.1 Å². The number of hydrogen-bond donors (Lipinski definition) is 1. The van der Waals surface area contributed by atoms with Crippen LogP contribution in [0.25, 0.3) is 0 Å². The Kier molecular flexibility index (Phi) is 4.74. The summed E-state index contributed by atoms with van der Waals surface area (Å²) >= 11 is 0. The van der Waals surface area contributed by atoms with Crippen molar-refractivity contribution in [3.05, 3.63) is 0 Å². The van der Waals surface area contributed by atoms with Crippen molar-refractivity contribution in [1.82, 2.24) is 10.4 Å². The summed E-state index contributed by atoms with van der Waals surface area (Å²) in [4.78, 5) is 0. The van der Waals surface area contributed by atoms with Crippen LogP contribution in [0.3, 0.4) is 0 Å². The van der Waals surface area contributed by atoms with Gasteiger partial charge < -0.3 is 0 Å². The zero-order chi connectivity index (χ0) is 8.65. The number of unbranched alkanes of at least 4 members (excludes halogenated alkanes) is 1. The minimum atomic E-state index is 0.668. The van der Waals surface area contributed by atoms with Gasteiger partial charge in [0.05, 0.1) is 6.07 Å². The molecule has 1 rings (SSSR count). The lowest BCUT2D eigenvalue weighted by atomic mass is 10.2. The first-order valence-corrected chi connectivity index (χ1v) is 4.79. The quantitative estimate of drug-likeness (QED) is 0.641. The van der Waals surface area contributed by atoms with Gasteiger partial charge in [-0.05, 0) is 19.3 Å². The molecule has 0 aromatic rings. The van der Waals surface area contributed by atoms with Crippen LogP contribution < -0.4 is 5.43 Å². The molecule has 0 unspecified atom stereocenters. The van der Waals surface area contributed by atoms with E-state index >= 15 is 0 Å². The Morgan fingerprint density at radius 3 is 2.67 bits per heavy atom. The van der Waals surface area contributed by atoms with Crippen molar-refractivity contribution in [2.24, 2.45) is 0 Å². The van der Waals surface area contributed by atoms with E-state index in [-0.39, 0.29) is 0 Å². The molecule has 0 radical (unpaired) electrons. The van der Waals surface area contributed by atoms with Gasteiger partial charge in [-0.25, -0.2) is 5.01 Å². The zero-order valence-electron chi connectivity index (χ0n) is 7.55. The lowest BCUT2D eigenvalue weighted by molar-refractivity contribution is 0.154. The Balaban J connectivity index is 1.95. The highest BCUT2D eigenvalue weighted by Gasteiger charge is 2.07. The van der Waals surface area contributed by atoms with Crippen molar-refractivity contribution in [3.8, 4) is 6.07 Å². The average Bonchev–Trinajstić information content (AvgIpc) is 2.14. The van der Waals surface area contributed by atoms with E-state index in [9.17, 15) is 0 Å². The molecule has 0 saturated carbocycles. The third-order valence-corrected chi connectivity index (χ3v) is 2.16. The van der Waals surface area contributed by atoms with Gasteiger partial charge in [-0.15, -0.1) is 0 Å². The van der Waals surface area contributed by atoms with Crippen LogP contribution in [0.1, 0.15) is 32.1 Å². The molecule has 0 aromatic heterocycles. The number of nitrogens with one attached hydrogen (secondary N) is 1. The van der Waals surface area contributed by atoms with Gasteiger partial charge in [-0.3, -0.25) is 5.43 Å². The molecule has 0 amide bonds. The number of hydrogen-bond acceptors (Lipinski definition) is 3. The zero-order valence-corrected chi connectivity index (χ0v) is 7.55. The fraction of sp³-hybridized carbons (Fsp3) is 0.889. The fourth-order valence-electron chi connectivity index (χ4n) is 1.46. The Labute approximate surface area is 74.3 Å². The molecule has 68 valence electrons. The van der Waals surface area contributed by atoms with Gasteiger partial charge in [0.1, 0.15) is 0 Å². The van der Waals surface area contributed by atoms with Crippen LogP contribution in [0.2, 0.25) is 0 Å². The Morgan fingerprint density at radius 2 is 2.00 bits per heavy atom. The largest absolute Gasteiger partial charge is 0.255 e. The molecule has 0 atom stereocenters. The number of nitrogens with zero attached hydrogens (tertiary/aromatic N) is 2. The third-order valence-electron chi connectivity index (χ3n) is 2.16. The highest BCUT2D eigenvalue weighted by atomic mass is 15.5. The Bertz CT molecular complexity index is 144. The first-order valence-electron chi connectivity index (χ1n) is 4.79. The molecule has 3 heteroatoms. The lowest BCUT2D eigenvalue weighted by Crippen LogP contribution is -2.41. The minimum Gasteiger partial charge on any atom is -0.255 e. The van der Waals surface area contributed by atoms with Gasteiger partial charge in [-0.1, -0.05) is 6.42 Å². The van der Waals surface area contributed by atoms with Crippen LogP contribution in [-0.2, 0) is 0 Å². The van der Waals surface area contributed by atoms with Crippen LogP contribution in [0.15, 0.2) is 0 Å². The van der Waals surface area contributed by atoms with Crippen LogP contribution >= 0.6 is 0 Å². The molecule has 3 nitrogen and oxygen atoms in total. The van der Waals surface area contributed by atoms with E-state index in [4.69, 9.17) is 5.26 Å². The topological polar surface area (TPSA) is 39.1 Å². The summed E-state index contributed by atoms with van der Waals surface area (Å²) in [6.45, 7) is 3.30.